The predicted molar refractivity (Wildman–Crippen MR) is 68.4 cm³/mol. The van der Waals surface area contributed by atoms with Crippen LogP contribution in [0.4, 0.5) is 0 Å². The lowest BCUT2D eigenvalue weighted by Crippen LogP contribution is -2.49. The second-order valence-electron chi connectivity index (χ2n) is 4.77. The second kappa shape index (κ2) is 8.29. The molecule has 0 aromatic rings. The molecule has 0 aliphatic rings. The first-order valence-electron chi connectivity index (χ1n) is 6.21. The number of carboxylic acids is 4. The Balaban J connectivity index is 5.39. The van der Waals surface area contributed by atoms with Gasteiger partial charge in [0, 0.05) is 0 Å². The van der Waals surface area contributed by atoms with E-state index in [0.717, 1.165) is 6.92 Å². The normalized spacial score (nSPS) is 16.5. The quantitative estimate of drug-likeness (QED) is 0.411. The third-order valence-electron chi connectivity index (χ3n) is 2.60. The van der Waals surface area contributed by atoms with Crippen LogP contribution < -0.4 is 0 Å². The summed E-state index contributed by atoms with van der Waals surface area (Å²) in [6, 6.07) is 0. The highest BCUT2D eigenvalue weighted by atomic mass is 16.6. The highest BCUT2D eigenvalue weighted by Crippen LogP contribution is 2.16. The molecule has 0 aliphatic heterocycles. The smallest absolute Gasteiger partial charge is 0.336 e. The van der Waals surface area contributed by atoms with Crippen LogP contribution >= 0.6 is 0 Å². The molecule has 0 fully saturated rings. The lowest BCUT2D eigenvalue weighted by Gasteiger charge is -2.26. The van der Waals surface area contributed by atoms with Crippen LogP contribution in [-0.2, 0) is 28.7 Å². The molecule has 0 spiro atoms. The second-order valence-corrected chi connectivity index (χ2v) is 4.77. The number of hydrogen-bond donors (Lipinski definition) is 4. The third kappa shape index (κ3) is 5.66. The summed E-state index contributed by atoms with van der Waals surface area (Å²) in [6.45, 7) is 3.89. The van der Waals surface area contributed by atoms with Gasteiger partial charge in [-0.05, 0) is 12.8 Å². The molecule has 0 aromatic carbocycles. The Bertz CT molecular complexity index is 443. The van der Waals surface area contributed by atoms with Gasteiger partial charge in [0.05, 0.1) is 0 Å². The van der Waals surface area contributed by atoms with Gasteiger partial charge in [-0.25, -0.2) is 19.2 Å². The van der Waals surface area contributed by atoms with Crippen LogP contribution in [0.25, 0.3) is 0 Å². The van der Waals surface area contributed by atoms with Gasteiger partial charge in [0.15, 0.2) is 24.4 Å². The molecule has 10 heteroatoms. The fraction of sp³-hybridized carbons (Fsp3) is 0.667. The van der Waals surface area contributed by atoms with E-state index >= 15 is 0 Å². The van der Waals surface area contributed by atoms with Crippen molar-refractivity contribution in [2.75, 3.05) is 0 Å². The minimum Gasteiger partial charge on any atom is -0.479 e. The average molecular weight is 322 g/mol. The van der Waals surface area contributed by atoms with Crippen LogP contribution in [0, 0.1) is 5.92 Å². The molecule has 0 aromatic heterocycles. The van der Waals surface area contributed by atoms with E-state index in [1.165, 1.54) is 13.8 Å². The molecule has 4 N–H and O–H groups in total. The Morgan fingerprint density at radius 1 is 0.636 bits per heavy atom. The van der Waals surface area contributed by atoms with Crippen LogP contribution in [0.3, 0.4) is 0 Å². The van der Waals surface area contributed by atoms with Gasteiger partial charge in [-0.1, -0.05) is 13.8 Å². The SMILES string of the molecule is CC(OC(C(=O)O)C(OC(C(=O)O)C(C)C)C(=O)O)C(=O)O. The number of carbonyl (C=O) groups is 4. The van der Waals surface area contributed by atoms with Crippen LogP contribution in [0.2, 0.25) is 0 Å². The summed E-state index contributed by atoms with van der Waals surface area (Å²) in [5, 5.41) is 35.7. The maximum atomic E-state index is 11.2. The molecule has 4 unspecified atom stereocenters. The Morgan fingerprint density at radius 2 is 1.00 bits per heavy atom. The molecule has 10 nitrogen and oxygen atoms in total. The Labute approximate surface area is 125 Å². The van der Waals surface area contributed by atoms with Gasteiger partial charge in [0.1, 0.15) is 0 Å². The molecule has 0 saturated heterocycles. The Kier molecular flexibility index (Phi) is 7.46. The summed E-state index contributed by atoms with van der Waals surface area (Å²) >= 11 is 0. The lowest BCUT2D eigenvalue weighted by atomic mass is 10.1. The zero-order valence-electron chi connectivity index (χ0n) is 12.1. The molecule has 0 bridgehead atoms. The summed E-state index contributed by atoms with van der Waals surface area (Å²) in [4.78, 5) is 44.0. The molecular weight excluding hydrogens is 304 g/mol. The maximum Gasteiger partial charge on any atom is 0.336 e. The number of aliphatic carboxylic acids is 4. The van der Waals surface area contributed by atoms with Gasteiger partial charge in [0.2, 0.25) is 0 Å². The minimum absolute atomic E-state index is 0.648. The van der Waals surface area contributed by atoms with Crippen molar-refractivity contribution >= 4 is 23.9 Å². The van der Waals surface area contributed by atoms with E-state index in [9.17, 15) is 19.2 Å². The Morgan fingerprint density at radius 3 is 1.27 bits per heavy atom. The van der Waals surface area contributed by atoms with Crippen molar-refractivity contribution in [3.8, 4) is 0 Å². The largest absolute Gasteiger partial charge is 0.479 e. The van der Waals surface area contributed by atoms with Crippen molar-refractivity contribution in [1.29, 1.82) is 0 Å². The van der Waals surface area contributed by atoms with E-state index in [4.69, 9.17) is 25.2 Å². The fourth-order valence-electron chi connectivity index (χ4n) is 1.45. The van der Waals surface area contributed by atoms with Gasteiger partial charge in [-0.15, -0.1) is 0 Å². The van der Waals surface area contributed by atoms with E-state index in [1.807, 2.05) is 0 Å². The monoisotopic (exact) mass is 322 g/mol. The molecule has 0 rings (SSSR count). The van der Waals surface area contributed by atoms with Crippen molar-refractivity contribution in [3.63, 3.8) is 0 Å². The molecular formula is C12H18O10. The third-order valence-corrected chi connectivity index (χ3v) is 2.60. The summed E-state index contributed by atoms with van der Waals surface area (Å²) in [7, 11) is 0. The summed E-state index contributed by atoms with van der Waals surface area (Å²) < 4.78 is 9.50. The number of carboxylic acid groups (broad SMARTS) is 4. The topological polar surface area (TPSA) is 168 Å². The van der Waals surface area contributed by atoms with E-state index in [0.29, 0.717) is 0 Å². The first-order valence-corrected chi connectivity index (χ1v) is 6.21. The molecule has 0 radical (unpaired) electrons. The maximum absolute atomic E-state index is 11.2. The van der Waals surface area contributed by atoms with Crippen LogP contribution in [0.15, 0.2) is 0 Å². The van der Waals surface area contributed by atoms with Crippen molar-refractivity contribution < 1.29 is 49.1 Å². The molecule has 126 valence electrons. The number of ether oxygens (including phenoxy) is 2. The van der Waals surface area contributed by atoms with Crippen LogP contribution in [0.5, 0.6) is 0 Å². The van der Waals surface area contributed by atoms with Crippen molar-refractivity contribution in [2.24, 2.45) is 5.92 Å². The van der Waals surface area contributed by atoms with Crippen LogP contribution in [-0.4, -0.2) is 68.7 Å². The fourth-order valence-corrected chi connectivity index (χ4v) is 1.45. The summed E-state index contributed by atoms with van der Waals surface area (Å²) in [5.74, 6) is -7.19. The molecule has 0 saturated carbocycles. The van der Waals surface area contributed by atoms with Gasteiger partial charge in [-0.3, -0.25) is 0 Å². The summed E-state index contributed by atoms with van der Waals surface area (Å²) in [5.41, 5.74) is 0. The molecule has 0 heterocycles. The zero-order chi connectivity index (χ0) is 17.6. The Hall–Kier alpha value is -2.20. The summed E-state index contributed by atoms with van der Waals surface area (Å²) in [6.07, 6.45) is -7.56. The van der Waals surface area contributed by atoms with E-state index in [1.54, 1.807) is 0 Å². The van der Waals surface area contributed by atoms with Crippen molar-refractivity contribution in [1.82, 2.24) is 0 Å². The molecule has 0 amide bonds. The molecule has 0 aliphatic carbocycles. The molecule has 22 heavy (non-hydrogen) atoms. The average Bonchev–Trinajstić information content (AvgIpc) is 2.35. The van der Waals surface area contributed by atoms with Gasteiger partial charge in [-0.2, -0.15) is 0 Å². The van der Waals surface area contributed by atoms with Crippen molar-refractivity contribution in [3.05, 3.63) is 0 Å². The number of rotatable bonds is 10. The van der Waals surface area contributed by atoms with E-state index < -0.39 is 54.2 Å². The minimum atomic E-state index is -2.18. The lowest BCUT2D eigenvalue weighted by molar-refractivity contribution is -0.197. The van der Waals surface area contributed by atoms with Gasteiger partial charge >= 0.3 is 23.9 Å². The molecule has 4 atom stereocenters. The van der Waals surface area contributed by atoms with Gasteiger partial charge < -0.3 is 29.9 Å². The van der Waals surface area contributed by atoms with Gasteiger partial charge in [0.25, 0.3) is 0 Å². The highest BCUT2D eigenvalue weighted by molar-refractivity contribution is 5.84. The van der Waals surface area contributed by atoms with Crippen LogP contribution in [0.1, 0.15) is 20.8 Å². The zero-order valence-corrected chi connectivity index (χ0v) is 12.1. The first-order chi connectivity index (χ1) is 9.98. The van der Waals surface area contributed by atoms with E-state index in [2.05, 4.69) is 4.74 Å². The first kappa shape index (κ1) is 19.8. The highest BCUT2D eigenvalue weighted by Gasteiger charge is 2.41. The predicted octanol–water partition coefficient (Wildman–Crippen LogP) is -0.492. The standard InChI is InChI=1S/C12H18O10/c1-4(2)6(10(15)16)22-8(12(19)20)7(11(17)18)21-5(3)9(13)14/h4-8H,1-3H3,(H,13,14)(H,15,16)(H,17,18)(H,19,20). The van der Waals surface area contributed by atoms with Crippen molar-refractivity contribution in [2.45, 2.75) is 45.2 Å². The van der Waals surface area contributed by atoms with E-state index in [-0.39, 0.29) is 0 Å². The number of hydrogen-bond acceptors (Lipinski definition) is 6.